The molecule has 284 valence electrons. The molecule has 2 aromatic carbocycles. The zero-order valence-corrected chi connectivity index (χ0v) is 30.5. The van der Waals surface area contributed by atoms with Crippen molar-refractivity contribution in [1.82, 2.24) is 10.6 Å². The molecule has 2 aliphatic heterocycles. The summed E-state index contributed by atoms with van der Waals surface area (Å²) in [5, 5.41) is 47.3. The smallest absolute Gasteiger partial charge is 0.224 e. The fourth-order valence-electron chi connectivity index (χ4n) is 6.27. The second kappa shape index (κ2) is 20.6. The number of halogens is 3. The third-order valence-corrected chi connectivity index (χ3v) is 9.89. The van der Waals surface area contributed by atoms with Crippen LogP contribution in [0.1, 0.15) is 75.8 Å². The number of unbranched alkanes of at least 4 members (excludes halogenated alkanes) is 7. The minimum atomic E-state index is -1.32. The number of carbonyl (C=O) groups is 2. The molecule has 2 fully saturated rings. The van der Waals surface area contributed by atoms with Gasteiger partial charge in [0.05, 0.1) is 25.2 Å². The zero-order valence-electron chi connectivity index (χ0n) is 28.9. The van der Waals surface area contributed by atoms with E-state index in [4.69, 9.17) is 14.2 Å². The van der Waals surface area contributed by atoms with Crippen molar-refractivity contribution < 1.29 is 53.0 Å². The Labute approximate surface area is 306 Å². The molecule has 0 spiro atoms. The van der Waals surface area contributed by atoms with Crippen LogP contribution in [0.15, 0.2) is 46.9 Å². The van der Waals surface area contributed by atoms with Crippen LogP contribution in [0.4, 0.5) is 8.78 Å². The van der Waals surface area contributed by atoms with Crippen LogP contribution in [0.3, 0.4) is 0 Å². The molecule has 0 radical (unpaired) electrons. The van der Waals surface area contributed by atoms with Gasteiger partial charge in [0.1, 0.15) is 36.6 Å². The van der Waals surface area contributed by atoms with Crippen LogP contribution in [-0.2, 0) is 36.6 Å². The maximum absolute atomic E-state index is 13.3. The summed E-state index contributed by atoms with van der Waals surface area (Å²) in [5.74, 6) is -2.21. The molecule has 0 aliphatic carbocycles. The normalized spacial score (nSPS) is 24.5. The molecular weight excluding hydrogens is 734 g/mol. The third-order valence-electron chi connectivity index (χ3n) is 9.36. The van der Waals surface area contributed by atoms with Crippen molar-refractivity contribution in [1.29, 1.82) is 0 Å². The Morgan fingerprint density at radius 2 is 1.49 bits per heavy atom. The van der Waals surface area contributed by atoms with Crippen molar-refractivity contribution in [2.75, 3.05) is 13.2 Å². The molecule has 51 heavy (non-hydrogen) atoms. The molecule has 6 N–H and O–H groups in total. The molecule has 14 heteroatoms. The van der Waals surface area contributed by atoms with Gasteiger partial charge in [-0.2, -0.15) is 0 Å². The van der Waals surface area contributed by atoms with Crippen LogP contribution < -0.4 is 10.6 Å². The number of amides is 2. The molecule has 0 saturated carbocycles. The molecule has 2 heterocycles. The summed E-state index contributed by atoms with van der Waals surface area (Å²) >= 11 is 3.36. The van der Waals surface area contributed by atoms with Crippen LogP contribution in [0, 0.1) is 11.6 Å². The van der Waals surface area contributed by atoms with Crippen LogP contribution >= 0.6 is 15.9 Å². The van der Waals surface area contributed by atoms with Crippen molar-refractivity contribution in [2.45, 2.75) is 133 Å². The molecule has 0 aromatic heterocycles. The first-order chi connectivity index (χ1) is 24.4. The summed E-state index contributed by atoms with van der Waals surface area (Å²) in [4.78, 5) is 25.2. The van der Waals surface area contributed by atoms with Gasteiger partial charge in [-0.15, -0.1) is 0 Å². The second-order valence-electron chi connectivity index (χ2n) is 13.5. The number of benzene rings is 2. The second-order valence-corrected chi connectivity index (χ2v) is 14.4. The summed E-state index contributed by atoms with van der Waals surface area (Å²) in [7, 11) is 0. The lowest BCUT2D eigenvalue weighted by atomic mass is 9.90. The largest absolute Gasteiger partial charge is 0.391 e. The predicted octanol–water partition coefficient (Wildman–Crippen LogP) is 3.60. The van der Waals surface area contributed by atoms with E-state index in [1.165, 1.54) is 13.0 Å². The number of nitrogens with one attached hydrogen (secondary N) is 2. The van der Waals surface area contributed by atoms with Gasteiger partial charge in [0.2, 0.25) is 11.8 Å². The molecular formula is C37H51BrF2N2O9. The minimum absolute atomic E-state index is 0.0505. The maximum atomic E-state index is 13.3. The van der Waals surface area contributed by atoms with Crippen LogP contribution in [0.25, 0.3) is 0 Å². The number of aliphatic hydroxyl groups excluding tert-OH is 4. The molecule has 0 bridgehead atoms. The lowest BCUT2D eigenvalue weighted by Gasteiger charge is -2.52. The Morgan fingerprint density at radius 1 is 0.843 bits per heavy atom. The Morgan fingerprint density at radius 3 is 2.16 bits per heavy atom. The van der Waals surface area contributed by atoms with Gasteiger partial charge in [-0.3, -0.25) is 9.59 Å². The standard InChI is InChI=1S/C37H51BrF2N2O9/c1-22(43)32(46)28(42-30(44)11-9-7-5-3-2-4-6-8-10-23-14-17-26(39)27(40)18-23)21-49-37-36-35(51-37)34(48)33(47)29(50-36)20-41-31(45)19-24-12-15-25(38)16-13-24/h12-18,22,28-29,32-37,43,46-48H,2-11,19-21H2,1H3,(H,41,45)(H,42,44)/t22-,28+,29?,32-,33+,34?,35?,36+,37?/m1/s1. The molecule has 2 saturated heterocycles. The van der Waals surface area contributed by atoms with Crippen molar-refractivity contribution in [2.24, 2.45) is 0 Å². The monoisotopic (exact) mass is 784 g/mol. The fourth-order valence-corrected chi connectivity index (χ4v) is 6.53. The average molecular weight is 786 g/mol. The number of hydrogen-bond acceptors (Lipinski definition) is 9. The first kappa shape index (κ1) is 41.2. The molecule has 4 rings (SSSR count). The van der Waals surface area contributed by atoms with E-state index in [-0.39, 0.29) is 37.8 Å². The van der Waals surface area contributed by atoms with E-state index < -0.39 is 66.7 Å². The van der Waals surface area contributed by atoms with E-state index in [9.17, 15) is 38.8 Å². The summed E-state index contributed by atoms with van der Waals surface area (Å²) in [5.41, 5.74) is 1.61. The lowest BCUT2D eigenvalue weighted by molar-refractivity contribution is -0.392. The number of fused-ring (bicyclic) bond motifs is 1. The molecule has 2 aliphatic rings. The van der Waals surface area contributed by atoms with E-state index in [2.05, 4.69) is 26.6 Å². The highest BCUT2D eigenvalue weighted by Crippen LogP contribution is 2.36. The number of aryl methyl sites for hydroxylation is 1. The molecule has 2 aromatic rings. The number of aliphatic hydroxyl groups is 4. The number of rotatable bonds is 21. The highest BCUT2D eigenvalue weighted by molar-refractivity contribution is 9.10. The van der Waals surface area contributed by atoms with Crippen LogP contribution in [0.5, 0.6) is 0 Å². The van der Waals surface area contributed by atoms with Crippen molar-refractivity contribution >= 4 is 27.7 Å². The van der Waals surface area contributed by atoms with Gasteiger partial charge in [0, 0.05) is 17.4 Å². The molecule has 2 amide bonds. The topological polar surface area (TPSA) is 167 Å². The Bertz CT molecular complexity index is 1390. The van der Waals surface area contributed by atoms with E-state index in [1.54, 1.807) is 6.07 Å². The first-order valence-electron chi connectivity index (χ1n) is 17.8. The Balaban J connectivity index is 1.12. The number of hydrogen-bond donors (Lipinski definition) is 6. The summed E-state index contributed by atoms with van der Waals surface area (Å²) < 4.78 is 44.7. The van der Waals surface area contributed by atoms with Crippen molar-refractivity contribution in [3.63, 3.8) is 0 Å². The molecule has 4 unspecified atom stereocenters. The highest BCUT2D eigenvalue weighted by atomic mass is 79.9. The van der Waals surface area contributed by atoms with E-state index in [0.29, 0.717) is 12.8 Å². The average Bonchev–Trinajstić information content (AvgIpc) is 3.09. The SMILES string of the molecule is C[C@@H](O)[C@@H](O)[C@H](COC1OC2C(O)[C@@H](O)C(CNC(=O)Cc3ccc(Br)cc3)O[C@H]12)NC(=O)CCCCCCCCCCc1ccc(F)c(F)c1. The van der Waals surface area contributed by atoms with E-state index >= 15 is 0 Å². The van der Waals surface area contributed by atoms with Gasteiger partial charge in [0.25, 0.3) is 0 Å². The van der Waals surface area contributed by atoms with Gasteiger partial charge < -0.3 is 45.3 Å². The summed E-state index contributed by atoms with van der Waals surface area (Å²) in [6.07, 6.45) is 0.0328. The fraction of sp³-hybridized carbons (Fsp3) is 0.622. The zero-order chi connectivity index (χ0) is 36.9. The first-order valence-corrected chi connectivity index (χ1v) is 18.6. The van der Waals surface area contributed by atoms with E-state index in [0.717, 1.165) is 66.6 Å². The molecule has 11 nitrogen and oxygen atoms in total. The van der Waals surface area contributed by atoms with Crippen molar-refractivity contribution in [3.8, 4) is 0 Å². The van der Waals surface area contributed by atoms with Gasteiger partial charge >= 0.3 is 0 Å². The maximum Gasteiger partial charge on any atom is 0.224 e. The molecule has 9 atom stereocenters. The van der Waals surface area contributed by atoms with Gasteiger partial charge in [-0.05, 0) is 61.6 Å². The predicted molar refractivity (Wildman–Crippen MR) is 187 cm³/mol. The van der Waals surface area contributed by atoms with Gasteiger partial charge in [-0.1, -0.05) is 72.7 Å². The number of carbonyl (C=O) groups excluding carboxylic acids is 2. The Hall–Kier alpha value is -2.56. The number of ether oxygens (including phenoxy) is 3. The van der Waals surface area contributed by atoms with Crippen LogP contribution in [-0.4, -0.2) is 100 Å². The third kappa shape index (κ3) is 12.8. The minimum Gasteiger partial charge on any atom is -0.391 e. The van der Waals surface area contributed by atoms with Crippen LogP contribution in [0.2, 0.25) is 0 Å². The van der Waals surface area contributed by atoms with E-state index in [1.807, 2.05) is 24.3 Å². The van der Waals surface area contributed by atoms with Crippen molar-refractivity contribution in [3.05, 3.63) is 69.7 Å². The van der Waals surface area contributed by atoms with Gasteiger partial charge in [-0.25, -0.2) is 8.78 Å². The quantitative estimate of drug-likeness (QED) is 0.104. The summed E-state index contributed by atoms with van der Waals surface area (Å²) in [6, 6.07) is 10.4. The lowest BCUT2D eigenvalue weighted by Crippen LogP contribution is -2.71. The Kier molecular flexibility index (Phi) is 16.7. The van der Waals surface area contributed by atoms with Gasteiger partial charge in [0.15, 0.2) is 17.9 Å². The highest BCUT2D eigenvalue weighted by Gasteiger charge is 2.56. The summed E-state index contributed by atoms with van der Waals surface area (Å²) in [6.45, 7) is 1.14.